The summed E-state index contributed by atoms with van der Waals surface area (Å²) in [6.45, 7) is 1.32. The Morgan fingerprint density at radius 1 is 1.08 bits per heavy atom. The van der Waals surface area contributed by atoms with Gasteiger partial charge in [0.25, 0.3) is 5.91 Å². The number of likely N-dealkylation sites (tertiary alicyclic amines) is 1. The average Bonchev–Trinajstić information content (AvgIpc) is 2.69. The quantitative estimate of drug-likeness (QED) is 0.789. The molecule has 0 radical (unpaired) electrons. The molecule has 2 aromatic rings. The summed E-state index contributed by atoms with van der Waals surface area (Å²) in [5, 5.41) is 0. The minimum absolute atomic E-state index is 0.209. The van der Waals surface area contributed by atoms with Crippen molar-refractivity contribution in [1.82, 2.24) is 4.90 Å². The molecule has 5 heteroatoms. The third-order valence-corrected chi connectivity index (χ3v) is 5.07. The molecular formula is C21H23F2NO2. The lowest BCUT2D eigenvalue weighted by molar-refractivity contribution is 0.0686. The van der Waals surface area contributed by atoms with Crippen molar-refractivity contribution in [2.24, 2.45) is 5.92 Å². The second-order valence-corrected chi connectivity index (χ2v) is 6.75. The van der Waals surface area contributed by atoms with Crippen molar-refractivity contribution in [3.05, 3.63) is 65.2 Å². The van der Waals surface area contributed by atoms with E-state index in [-0.39, 0.29) is 11.5 Å². The highest BCUT2D eigenvalue weighted by atomic mass is 19.2. The maximum absolute atomic E-state index is 13.3. The molecule has 1 amide bonds. The van der Waals surface area contributed by atoms with Gasteiger partial charge in [0.05, 0.1) is 7.11 Å². The van der Waals surface area contributed by atoms with Crippen molar-refractivity contribution >= 4 is 5.91 Å². The first-order valence-corrected chi connectivity index (χ1v) is 8.94. The molecule has 138 valence electrons. The molecule has 0 saturated carbocycles. The lowest BCUT2D eigenvalue weighted by Gasteiger charge is -2.32. The Hall–Kier alpha value is -2.43. The number of nitrogens with zero attached hydrogens (tertiary/aromatic N) is 1. The van der Waals surface area contributed by atoms with Crippen LogP contribution in [-0.2, 0) is 6.42 Å². The number of piperidine rings is 1. The highest BCUT2D eigenvalue weighted by Crippen LogP contribution is 2.24. The van der Waals surface area contributed by atoms with Crippen LogP contribution in [0.15, 0.2) is 42.5 Å². The van der Waals surface area contributed by atoms with Crippen LogP contribution in [0.25, 0.3) is 0 Å². The third kappa shape index (κ3) is 4.40. The van der Waals surface area contributed by atoms with Gasteiger partial charge in [-0.3, -0.25) is 4.79 Å². The van der Waals surface area contributed by atoms with Crippen molar-refractivity contribution in [2.45, 2.75) is 25.7 Å². The predicted octanol–water partition coefficient (Wildman–Crippen LogP) is 4.46. The topological polar surface area (TPSA) is 29.5 Å². The molecule has 2 aromatic carbocycles. The second-order valence-electron chi connectivity index (χ2n) is 6.75. The standard InChI is InChI=1S/C21H23F2NO2/c1-26-18-7-4-15(5-8-18)2-3-16-10-12-24(13-11-16)21(25)17-6-9-19(22)20(23)14-17/h4-9,14,16H,2-3,10-13H2,1H3. The number of carbonyl (C=O) groups is 1. The molecule has 3 nitrogen and oxygen atoms in total. The van der Waals surface area contributed by atoms with Gasteiger partial charge in [-0.2, -0.15) is 0 Å². The molecular weight excluding hydrogens is 336 g/mol. The first-order chi connectivity index (χ1) is 12.6. The molecule has 0 atom stereocenters. The number of hydrogen-bond donors (Lipinski definition) is 0. The Labute approximate surface area is 152 Å². The van der Waals surface area contributed by atoms with Crippen LogP contribution in [-0.4, -0.2) is 31.0 Å². The summed E-state index contributed by atoms with van der Waals surface area (Å²) in [6, 6.07) is 11.4. The minimum Gasteiger partial charge on any atom is -0.497 e. The van der Waals surface area contributed by atoms with Crippen LogP contribution in [0, 0.1) is 17.6 Å². The third-order valence-electron chi connectivity index (χ3n) is 5.07. The summed E-state index contributed by atoms with van der Waals surface area (Å²) in [7, 11) is 1.66. The van der Waals surface area contributed by atoms with Gasteiger partial charge in [-0.1, -0.05) is 12.1 Å². The number of aryl methyl sites for hydroxylation is 1. The van der Waals surface area contributed by atoms with Gasteiger partial charge >= 0.3 is 0 Å². The Morgan fingerprint density at radius 3 is 2.38 bits per heavy atom. The molecule has 0 spiro atoms. The van der Waals surface area contributed by atoms with Crippen molar-refractivity contribution in [3.63, 3.8) is 0 Å². The zero-order chi connectivity index (χ0) is 18.5. The molecule has 1 aliphatic heterocycles. The average molecular weight is 359 g/mol. The van der Waals surface area contributed by atoms with E-state index in [1.54, 1.807) is 12.0 Å². The van der Waals surface area contributed by atoms with Crippen LogP contribution < -0.4 is 4.74 Å². The number of hydrogen-bond acceptors (Lipinski definition) is 2. The molecule has 3 rings (SSSR count). The van der Waals surface area contributed by atoms with Gasteiger partial charge in [0.1, 0.15) is 5.75 Å². The predicted molar refractivity (Wildman–Crippen MR) is 96.3 cm³/mol. The summed E-state index contributed by atoms with van der Waals surface area (Å²) in [6.07, 6.45) is 3.96. The number of halogens is 2. The van der Waals surface area contributed by atoms with Gasteiger partial charge in [-0.15, -0.1) is 0 Å². The summed E-state index contributed by atoms with van der Waals surface area (Å²) in [5.74, 6) is -0.703. The molecule has 1 aliphatic rings. The zero-order valence-electron chi connectivity index (χ0n) is 14.9. The van der Waals surface area contributed by atoms with E-state index < -0.39 is 11.6 Å². The van der Waals surface area contributed by atoms with Crippen molar-refractivity contribution < 1.29 is 18.3 Å². The number of amides is 1. The van der Waals surface area contributed by atoms with Gasteiger partial charge in [0.2, 0.25) is 0 Å². The van der Waals surface area contributed by atoms with E-state index in [9.17, 15) is 13.6 Å². The first-order valence-electron chi connectivity index (χ1n) is 8.94. The smallest absolute Gasteiger partial charge is 0.253 e. The molecule has 0 N–H and O–H groups in total. The van der Waals surface area contributed by atoms with Crippen LogP contribution >= 0.6 is 0 Å². The minimum atomic E-state index is -0.981. The first kappa shape index (κ1) is 18.4. The van der Waals surface area contributed by atoms with Crippen LogP contribution in [0.4, 0.5) is 8.78 Å². The Kier molecular flexibility index (Phi) is 5.86. The fraction of sp³-hybridized carbons (Fsp3) is 0.381. The van der Waals surface area contributed by atoms with Crippen molar-refractivity contribution in [1.29, 1.82) is 0 Å². The molecule has 26 heavy (non-hydrogen) atoms. The van der Waals surface area contributed by atoms with E-state index in [4.69, 9.17) is 4.74 Å². The van der Waals surface area contributed by atoms with Gasteiger partial charge < -0.3 is 9.64 Å². The SMILES string of the molecule is COc1ccc(CCC2CCN(C(=O)c3ccc(F)c(F)c3)CC2)cc1. The molecule has 1 heterocycles. The van der Waals surface area contributed by atoms with Crippen molar-refractivity contribution in [2.75, 3.05) is 20.2 Å². The van der Waals surface area contributed by atoms with Crippen LogP contribution in [0.1, 0.15) is 35.2 Å². The zero-order valence-corrected chi connectivity index (χ0v) is 14.9. The lowest BCUT2D eigenvalue weighted by atomic mass is 9.90. The fourth-order valence-corrected chi connectivity index (χ4v) is 3.40. The number of rotatable bonds is 5. The van der Waals surface area contributed by atoms with Gasteiger partial charge in [-0.05, 0) is 67.5 Å². The summed E-state index contributed by atoms with van der Waals surface area (Å²) in [4.78, 5) is 14.2. The largest absolute Gasteiger partial charge is 0.497 e. The lowest BCUT2D eigenvalue weighted by Crippen LogP contribution is -2.38. The van der Waals surface area contributed by atoms with Crippen LogP contribution in [0.2, 0.25) is 0 Å². The van der Waals surface area contributed by atoms with Crippen LogP contribution in [0.3, 0.4) is 0 Å². The van der Waals surface area contributed by atoms with E-state index in [0.29, 0.717) is 19.0 Å². The van der Waals surface area contributed by atoms with Gasteiger partial charge in [0, 0.05) is 18.7 Å². The number of methoxy groups -OCH3 is 1. The normalized spacial score (nSPS) is 15.1. The number of benzene rings is 2. The van der Waals surface area contributed by atoms with E-state index in [2.05, 4.69) is 12.1 Å². The second kappa shape index (κ2) is 8.30. The maximum Gasteiger partial charge on any atom is 0.253 e. The maximum atomic E-state index is 13.3. The van der Waals surface area contributed by atoms with E-state index in [1.165, 1.54) is 11.6 Å². The highest BCUT2D eigenvalue weighted by Gasteiger charge is 2.24. The molecule has 1 fully saturated rings. The fourth-order valence-electron chi connectivity index (χ4n) is 3.40. The molecule has 1 saturated heterocycles. The van der Waals surface area contributed by atoms with E-state index >= 15 is 0 Å². The van der Waals surface area contributed by atoms with Crippen molar-refractivity contribution in [3.8, 4) is 5.75 Å². The summed E-state index contributed by atoms with van der Waals surface area (Å²) < 4.78 is 31.5. The molecule has 0 unspecified atom stereocenters. The van der Waals surface area contributed by atoms with Crippen LogP contribution in [0.5, 0.6) is 5.75 Å². The molecule has 0 bridgehead atoms. The summed E-state index contributed by atoms with van der Waals surface area (Å²) in [5.41, 5.74) is 1.49. The molecule has 0 aromatic heterocycles. The Morgan fingerprint density at radius 2 is 1.77 bits per heavy atom. The van der Waals surface area contributed by atoms with Gasteiger partial charge in [-0.25, -0.2) is 8.78 Å². The van der Waals surface area contributed by atoms with Gasteiger partial charge in [0.15, 0.2) is 11.6 Å². The van der Waals surface area contributed by atoms with E-state index in [1.807, 2.05) is 12.1 Å². The Balaban J connectivity index is 1.48. The monoisotopic (exact) mass is 359 g/mol. The Bertz CT molecular complexity index is 753. The number of ether oxygens (including phenoxy) is 1. The van der Waals surface area contributed by atoms with E-state index in [0.717, 1.165) is 43.6 Å². The number of carbonyl (C=O) groups excluding carboxylic acids is 1. The highest BCUT2D eigenvalue weighted by molar-refractivity contribution is 5.94. The molecule has 0 aliphatic carbocycles. The summed E-state index contributed by atoms with van der Waals surface area (Å²) >= 11 is 0.